The second kappa shape index (κ2) is 13.0. The van der Waals surface area contributed by atoms with E-state index in [1.807, 2.05) is 0 Å². The summed E-state index contributed by atoms with van der Waals surface area (Å²) in [7, 11) is 0. The molecule has 7 N–H and O–H groups in total. The third-order valence-corrected chi connectivity index (χ3v) is 16.1. The average Bonchev–Trinajstić information content (AvgIpc) is 3.45. The average molecular weight is 727 g/mol. The molecule has 51 heavy (non-hydrogen) atoms. The lowest BCUT2D eigenvalue weighted by Crippen LogP contribution is -2.65. The molecule has 22 atom stereocenters. The van der Waals surface area contributed by atoms with Crippen LogP contribution in [0.5, 0.6) is 0 Å². The topological polar surface area (TPSA) is 197 Å². The van der Waals surface area contributed by atoms with Crippen molar-refractivity contribution in [2.75, 3.05) is 13.2 Å². The Morgan fingerprint density at radius 1 is 0.725 bits per heavy atom. The van der Waals surface area contributed by atoms with Gasteiger partial charge < -0.3 is 64.2 Å². The van der Waals surface area contributed by atoms with Crippen LogP contribution in [0.25, 0.3) is 0 Å². The molecule has 0 amide bonds. The summed E-state index contributed by atoms with van der Waals surface area (Å²) in [4.78, 5) is 0. The molecule has 0 aromatic rings. The zero-order valence-electron chi connectivity index (χ0n) is 30.8. The number of rotatable bonds is 4. The largest absolute Gasteiger partial charge is 0.393 e. The minimum absolute atomic E-state index is 0.150. The fourth-order valence-electron chi connectivity index (χ4n) is 12.9. The molecule has 8 aliphatic rings. The second-order valence-corrected chi connectivity index (χ2v) is 18.4. The summed E-state index contributed by atoms with van der Waals surface area (Å²) in [5, 5.41) is 77.0. The lowest BCUT2D eigenvalue weighted by Gasteiger charge is -2.64. The van der Waals surface area contributed by atoms with Gasteiger partial charge in [0.1, 0.15) is 42.2 Å². The van der Waals surface area contributed by atoms with Gasteiger partial charge in [-0.15, -0.1) is 0 Å². The van der Waals surface area contributed by atoms with Crippen LogP contribution in [-0.2, 0) is 28.4 Å². The number of ether oxygens (including phenoxy) is 6. The van der Waals surface area contributed by atoms with E-state index >= 15 is 0 Å². The minimum atomic E-state index is -1.62. The number of aliphatic hydroxyl groups is 7. The Balaban J connectivity index is 1.05. The third kappa shape index (κ3) is 5.42. The molecular weight excluding hydrogens is 664 g/mol. The van der Waals surface area contributed by atoms with Crippen molar-refractivity contribution in [3.63, 3.8) is 0 Å². The standard InChI is InChI=1S/C38H62O13/c1-17-8-11-37(47-15-17)19(3)38(45)27(51-37)14-24-22-7-6-20-12-21(39)13-26(36(20,5)23(22)9-10-35(24,38)4)49-34-32(29(42)25(40)16-46-34)50-33-31(44)30(43)28(41)18(2)48-33/h17-34,39-45H,6-16H2,1-5H3. The molecule has 8 fully saturated rings. The summed E-state index contributed by atoms with van der Waals surface area (Å²) in [5.41, 5.74) is -1.71. The fourth-order valence-corrected chi connectivity index (χ4v) is 12.9. The Kier molecular flexibility index (Phi) is 9.56. The highest BCUT2D eigenvalue weighted by Crippen LogP contribution is 2.73. The Hall–Kier alpha value is -0.520. The molecule has 4 aliphatic heterocycles. The maximum absolute atomic E-state index is 12.8. The fraction of sp³-hybridized carbons (Fsp3) is 1.00. The molecule has 292 valence electrons. The number of hydrogen-bond acceptors (Lipinski definition) is 13. The molecule has 1 spiro atoms. The highest BCUT2D eigenvalue weighted by molar-refractivity contribution is 5.23. The number of aliphatic hydroxyl groups excluding tert-OH is 6. The first-order chi connectivity index (χ1) is 24.0. The molecule has 4 saturated carbocycles. The molecule has 0 bridgehead atoms. The molecule has 8 rings (SSSR count). The van der Waals surface area contributed by atoms with Gasteiger partial charge in [-0.1, -0.05) is 27.7 Å². The van der Waals surface area contributed by atoms with Crippen LogP contribution in [0.2, 0.25) is 0 Å². The van der Waals surface area contributed by atoms with E-state index in [1.165, 1.54) is 6.92 Å². The summed E-state index contributed by atoms with van der Waals surface area (Å²) >= 11 is 0. The maximum Gasteiger partial charge on any atom is 0.187 e. The van der Waals surface area contributed by atoms with Crippen molar-refractivity contribution < 1.29 is 64.2 Å². The maximum atomic E-state index is 12.8. The quantitative estimate of drug-likeness (QED) is 0.219. The van der Waals surface area contributed by atoms with E-state index in [0.29, 0.717) is 31.3 Å². The lowest BCUT2D eigenvalue weighted by atomic mass is 9.43. The molecule has 4 saturated heterocycles. The van der Waals surface area contributed by atoms with Crippen LogP contribution >= 0.6 is 0 Å². The normalized spacial score (nSPS) is 61.4. The Morgan fingerprint density at radius 3 is 2.22 bits per heavy atom. The first-order valence-electron chi connectivity index (χ1n) is 19.8. The minimum Gasteiger partial charge on any atom is -0.393 e. The van der Waals surface area contributed by atoms with Crippen LogP contribution in [0.3, 0.4) is 0 Å². The highest BCUT2D eigenvalue weighted by atomic mass is 16.8. The number of hydrogen-bond donors (Lipinski definition) is 7. The van der Waals surface area contributed by atoms with E-state index in [9.17, 15) is 35.7 Å². The van der Waals surface area contributed by atoms with E-state index in [2.05, 4.69) is 27.7 Å². The van der Waals surface area contributed by atoms with E-state index < -0.39 is 78.9 Å². The van der Waals surface area contributed by atoms with Crippen LogP contribution in [0.4, 0.5) is 0 Å². The van der Waals surface area contributed by atoms with Gasteiger partial charge in [0.15, 0.2) is 18.4 Å². The predicted octanol–water partition coefficient (Wildman–Crippen LogP) is 1.19. The van der Waals surface area contributed by atoms with E-state index in [-0.39, 0.29) is 47.2 Å². The molecule has 0 aromatic carbocycles. The Bertz CT molecular complexity index is 1280. The first kappa shape index (κ1) is 37.4. The van der Waals surface area contributed by atoms with Crippen LogP contribution < -0.4 is 0 Å². The molecule has 4 aliphatic carbocycles. The van der Waals surface area contributed by atoms with E-state index in [4.69, 9.17) is 28.4 Å². The molecule has 22 unspecified atom stereocenters. The van der Waals surface area contributed by atoms with Crippen molar-refractivity contribution in [1.29, 1.82) is 0 Å². The molecule has 4 heterocycles. The number of fused-ring (bicyclic) bond motifs is 7. The summed E-state index contributed by atoms with van der Waals surface area (Å²) in [6, 6.07) is 0. The summed E-state index contributed by atoms with van der Waals surface area (Å²) in [6.45, 7) is 10.9. The van der Waals surface area contributed by atoms with Gasteiger partial charge in [-0.05, 0) is 86.9 Å². The zero-order chi connectivity index (χ0) is 36.4. The van der Waals surface area contributed by atoms with Crippen LogP contribution in [0, 0.1) is 46.3 Å². The van der Waals surface area contributed by atoms with Gasteiger partial charge in [0, 0.05) is 24.2 Å². The van der Waals surface area contributed by atoms with Gasteiger partial charge in [-0.2, -0.15) is 0 Å². The Morgan fingerprint density at radius 2 is 1.49 bits per heavy atom. The smallest absolute Gasteiger partial charge is 0.187 e. The van der Waals surface area contributed by atoms with Crippen molar-refractivity contribution >= 4 is 0 Å². The van der Waals surface area contributed by atoms with Crippen molar-refractivity contribution in [2.45, 2.75) is 177 Å². The summed E-state index contributed by atoms with van der Waals surface area (Å²) in [5.74, 6) is 0.569. The van der Waals surface area contributed by atoms with Crippen molar-refractivity contribution in [2.24, 2.45) is 46.3 Å². The van der Waals surface area contributed by atoms with Crippen LogP contribution in [0.1, 0.15) is 92.4 Å². The second-order valence-electron chi connectivity index (χ2n) is 18.4. The van der Waals surface area contributed by atoms with Gasteiger partial charge in [-0.25, -0.2) is 0 Å². The Labute approximate surface area is 300 Å². The van der Waals surface area contributed by atoms with Crippen molar-refractivity contribution in [3.8, 4) is 0 Å². The third-order valence-electron chi connectivity index (χ3n) is 16.1. The molecule has 0 radical (unpaired) electrons. The van der Waals surface area contributed by atoms with Crippen LogP contribution in [-0.4, -0.2) is 134 Å². The monoisotopic (exact) mass is 726 g/mol. The summed E-state index contributed by atoms with van der Waals surface area (Å²) in [6.07, 6.45) is -6.08. The van der Waals surface area contributed by atoms with Crippen molar-refractivity contribution in [1.82, 2.24) is 0 Å². The van der Waals surface area contributed by atoms with Gasteiger partial charge in [-0.3, -0.25) is 0 Å². The van der Waals surface area contributed by atoms with Gasteiger partial charge >= 0.3 is 0 Å². The van der Waals surface area contributed by atoms with Gasteiger partial charge in [0.05, 0.1) is 37.6 Å². The van der Waals surface area contributed by atoms with E-state index in [1.54, 1.807) is 0 Å². The zero-order valence-corrected chi connectivity index (χ0v) is 30.8. The molecule has 13 heteroatoms. The molecular formula is C38H62O13. The SMILES string of the molecule is CC1CCC2(OC1)OC1CC3C4CCC5CC(O)CC(OC6OCC(O)C(O)C6OC6OC(C)C(O)C(O)C6O)C5(C)C4CCC3(C)C1(O)C2C. The highest BCUT2D eigenvalue weighted by Gasteiger charge is 2.77. The predicted molar refractivity (Wildman–Crippen MR) is 178 cm³/mol. The lowest BCUT2D eigenvalue weighted by molar-refractivity contribution is -0.366. The first-order valence-corrected chi connectivity index (χ1v) is 19.8. The van der Waals surface area contributed by atoms with Gasteiger partial charge in [0.2, 0.25) is 0 Å². The van der Waals surface area contributed by atoms with E-state index in [0.717, 1.165) is 44.9 Å². The molecule has 0 aromatic heterocycles. The van der Waals surface area contributed by atoms with Crippen molar-refractivity contribution in [3.05, 3.63) is 0 Å². The molecule has 13 nitrogen and oxygen atoms in total. The van der Waals surface area contributed by atoms with Crippen LogP contribution in [0.15, 0.2) is 0 Å². The summed E-state index contributed by atoms with van der Waals surface area (Å²) < 4.78 is 37.8. The van der Waals surface area contributed by atoms with Gasteiger partial charge in [0.25, 0.3) is 0 Å².